The zero-order valence-corrected chi connectivity index (χ0v) is 12.2. The van der Waals surface area contributed by atoms with Gasteiger partial charge in [-0.15, -0.1) is 0 Å². The number of aromatic amines is 1. The second-order valence-corrected chi connectivity index (χ2v) is 6.70. The Labute approximate surface area is 117 Å². The number of aryl methyl sites for hydroxylation is 1. The lowest BCUT2D eigenvalue weighted by molar-refractivity contribution is 0.607. The molecule has 0 bridgehead atoms. The van der Waals surface area contributed by atoms with Gasteiger partial charge in [0, 0.05) is 21.8 Å². The molecule has 1 aromatic heterocycles. The molecule has 0 fully saturated rings. The van der Waals surface area contributed by atoms with Gasteiger partial charge in [0.15, 0.2) is 0 Å². The van der Waals surface area contributed by atoms with Crippen molar-refractivity contribution in [3.8, 4) is 0 Å². The summed E-state index contributed by atoms with van der Waals surface area (Å²) < 4.78 is 25.1. The molecule has 5 heteroatoms. The van der Waals surface area contributed by atoms with Crippen LogP contribution in [0.3, 0.4) is 0 Å². The topological polar surface area (TPSA) is 62.0 Å². The fourth-order valence-electron chi connectivity index (χ4n) is 2.56. The van der Waals surface area contributed by atoms with Crippen LogP contribution in [-0.2, 0) is 16.4 Å². The monoisotopic (exact) mass is 288 g/mol. The zero-order chi connectivity index (χ0) is 14.3. The molecular weight excluding hydrogens is 272 g/mol. The third-order valence-corrected chi connectivity index (χ3v) is 4.01. The van der Waals surface area contributed by atoms with Gasteiger partial charge < -0.3 is 4.98 Å². The second-order valence-electron chi connectivity index (χ2n) is 4.95. The number of hydrogen-bond acceptors (Lipinski definition) is 2. The van der Waals surface area contributed by atoms with Crippen LogP contribution in [0.25, 0.3) is 21.8 Å². The third-order valence-electron chi connectivity index (χ3n) is 3.40. The average Bonchev–Trinajstić information content (AvgIpc) is 2.74. The molecular formula is C15H16N2O2S. The molecule has 4 nitrogen and oxygen atoms in total. The number of benzene rings is 2. The van der Waals surface area contributed by atoms with E-state index in [0.717, 1.165) is 29.1 Å². The van der Waals surface area contributed by atoms with Crippen LogP contribution in [-0.4, -0.2) is 19.7 Å². The standard InChI is InChI=1S/C15H16N2O2S/c1-3-10-5-4-6-13-12-8-7-11(17-20(2,18)19)9-14(12)16-15(10)13/h4-9,16-17H,3H2,1-2H3. The molecule has 0 unspecified atom stereocenters. The number of nitrogens with one attached hydrogen (secondary N) is 2. The largest absolute Gasteiger partial charge is 0.354 e. The molecule has 2 aromatic carbocycles. The van der Waals surface area contributed by atoms with Gasteiger partial charge in [-0.3, -0.25) is 4.72 Å². The normalized spacial score (nSPS) is 12.1. The highest BCUT2D eigenvalue weighted by Gasteiger charge is 2.09. The van der Waals surface area contributed by atoms with Crippen molar-refractivity contribution in [3.05, 3.63) is 42.0 Å². The molecule has 0 aliphatic carbocycles. The molecule has 104 valence electrons. The summed E-state index contributed by atoms with van der Waals surface area (Å²) in [6.45, 7) is 2.12. The molecule has 20 heavy (non-hydrogen) atoms. The zero-order valence-electron chi connectivity index (χ0n) is 11.4. The minimum absolute atomic E-state index is 0.574. The number of H-pyrrole nitrogens is 1. The summed E-state index contributed by atoms with van der Waals surface area (Å²) in [4.78, 5) is 3.39. The number of aromatic nitrogens is 1. The highest BCUT2D eigenvalue weighted by molar-refractivity contribution is 7.92. The fraction of sp³-hybridized carbons (Fsp3) is 0.200. The molecule has 3 rings (SSSR count). The Bertz CT molecular complexity index is 895. The lowest BCUT2D eigenvalue weighted by Gasteiger charge is -2.03. The quantitative estimate of drug-likeness (QED) is 0.777. The van der Waals surface area contributed by atoms with Crippen LogP contribution in [0.5, 0.6) is 0 Å². The molecule has 0 radical (unpaired) electrons. The Morgan fingerprint density at radius 2 is 1.95 bits per heavy atom. The lowest BCUT2D eigenvalue weighted by Crippen LogP contribution is -2.09. The van der Waals surface area contributed by atoms with E-state index in [2.05, 4.69) is 34.8 Å². The van der Waals surface area contributed by atoms with Gasteiger partial charge in [0.2, 0.25) is 10.0 Å². The minimum atomic E-state index is -3.25. The van der Waals surface area contributed by atoms with Crippen molar-refractivity contribution in [2.24, 2.45) is 0 Å². The maximum atomic E-state index is 11.3. The number of sulfonamides is 1. The molecule has 0 aliphatic heterocycles. The van der Waals surface area contributed by atoms with E-state index in [9.17, 15) is 8.42 Å². The van der Waals surface area contributed by atoms with Crippen molar-refractivity contribution < 1.29 is 8.42 Å². The summed E-state index contributed by atoms with van der Waals surface area (Å²) in [5.74, 6) is 0. The van der Waals surface area contributed by atoms with Crippen molar-refractivity contribution in [3.63, 3.8) is 0 Å². The minimum Gasteiger partial charge on any atom is -0.354 e. The summed E-state index contributed by atoms with van der Waals surface area (Å²) in [5.41, 5.74) is 3.90. The van der Waals surface area contributed by atoms with E-state index in [1.54, 1.807) is 6.07 Å². The van der Waals surface area contributed by atoms with Crippen molar-refractivity contribution in [1.29, 1.82) is 0 Å². The van der Waals surface area contributed by atoms with Crippen molar-refractivity contribution in [2.75, 3.05) is 11.0 Å². The van der Waals surface area contributed by atoms with Gasteiger partial charge in [0.1, 0.15) is 0 Å². The van der Waals surface area contributed by atoms with E-state index < -0.39 is 10.0 Å². The van der Waals surface area contributed by atoms with Crippen LogP contribution in [0.4, 0.5) is 5.69 Å². The van der Waals surface area contributed by atoms with E-state index in [1.165, 1.54) is 10.9 Å². The van der Waals surface area contributed by atoms with E-state index >= 15 is 0 Å². The highest BCUT2D eigenvalue weighted by atomic mass is 32.2. The molecule has 0 aliphatic rings. The molecule has 1 heterocycles. The van der Waals surface area contributed by atoms with E-state index in [-0.39, 0.29) is 0 Å². The van der Waals surface area contributed by atoms with Crippen molar-refractivity contribution in [2.45, 2.75) is 13.3 Å². The number of anilines is 1. The Morgan fingerprint density at radius 3 is 2.65 bits per heavy atom. The Morgan fingerprint density at radius 1 is 1.15 bits per heavy atom. The third kappa shape index (κ3) is 2.25. The van der Waals surface area contributed by atoms with Crippen LogP contribution in [0.1, 0.15) is 12.5 Å². The lowest BCUT2D eigenvalue weighted by atomic mass is 10.1. The van der Waals surface area contributed by atoms with Crippen LogP contribution in [0.15, 0.2) is 36.4 Å². The van der Waals surface area contributed by atoms with Gasteiger partial charge in [-0.1, -0.05) is 31.2 Å². The highest BCUT2D eigenvalue weighted by Crippen LogP contribution is 2.29. The molecule has 3 aromatic rings. The number of fused-ring (bicyclic) bond motifs is 3. The van der Waals surface area contributed by atoms with Gasteiger partial charge in [0.25, 0.3) is 0 Å². The predicted octanol–water partition coefficient (Wildman–Crippen LogP) is 3.26. The second kappa shape index (κ2) is 4.52. The van der Waals surface area contributed by atoms with E-state index in [4.69, 9.17) is 0 Å². The molecule has 0 spiro atoms. The van der Waals surface area contributed by atoms with E-state index in [1.807, 2.05) is 12.1 Å². The fourth-order valence-corrected chi connectivity index (χ4v) is 3.12. The summed E-state index contributed by atoms with van der Waals surface area (Å²) in [5, 5.41) is 2.28. The Balaban J connectivity index is 2.23. The first-order valence-corrected chi connectivity index (χ1v) is 8.38. The molecule has 0 saturated carbocycles. The summed E-state index contributed by atoms with van der Waals surface area (Å²) in [6.07, 6.45) is 2.11. The molecule has 0 saturated heterocycles. The summed E-state index contributed by atoms with van der Waals surface area (Å²) in [6, 6.07) is 11.8. The van der Waals surface area contributed by atoms with Crippen LogP contribution in [0.2, 0.25) is 0 Å². The predicted molar refractivity (Wildman–Crippen MR) is 83.6 cm³/mol. The smallest absolute Gasteiger partial charge is 0.229 e. The SMILES string of the molecule is CCc1cccc2c1[nH]c1cc(NS(C)(=O)=O)ccc12. The van der Waals surface area contributed by atoms with Gasteiger partial charge in [0.05, 0.1) is 11.9 Å². The van der Waals surface area contributed by atoms with Crippen LogP contribution in [0, 0.1) is 0 Å². The summed E-state index contributed by atoms with van der Waals surface area (Å²) >= 11 is 0. The number of rotatable bonds is 3. The Kier molecular flexibility index (Phi) is 2.94. The average molecular weight is 288 g/mol. The van der Waals surface area contributed by atoms with E-state index in [0.29, 0.717) is 5.69 Å². The van der Waals surface area contributed by atoms with Gasteiger partial charge in [-0.2, -0.15) is 0 Å². The molecule has 0 atom stereocenters. The first-order valence-electron chi connectivity index (χ1n) is 6.49. The van der Waals surface area contributed by atoms with Crippen molar-refractivity contribution in [1.82, 2.24) is 4.98 Å². The van der Waals surface area contributed by atoms with Gasteiger partial charge in [-0.25, -0.2) is 8.42 Å². The number of hydrogen-bond donors (Lipinski definition) is 2. The summed E-state index contributed by atoms with van der Waals surface area (Å²) in [7, 11) is -3.25. The van der Waals surface area contributed by atoms with Crippen LogP contribution < -0.4 is 4.72 Å². The molecule has 2 N–H and O–H groups in total. The maximum Gasteiger partial charge on any atom is 0.229 e. The van der Waals surface area contributed by atoms with Gasteiger partial charge >= 0.3 is 0 Å². The van der Waals surface area contributed by atoms with Crippen molar-refractivity contribution >= 4 is 37.5 Å². The first kappa shape index (κ1) is 13.0. The number of para-hydroxylation sites is 1. The molecule has 0 amide bonds. The maximum absolute atomic E-state index is 11.3. The van der Waals surface area contributed by atoms with Gasteiger partial charge in [-0.05, 0) is 24.1 Å². The first-order chi connectivity index (χ1) is 9.48. The Hall–Kier alpha value is -2.01. The van der Waals surface area contributed by atoms with Crippen LogP contribution >= 0.6 is 0 Å².